The molecule has 2 fully saturated rings. The van der Waals surface area contributed by atoms with E-state index < -0.39 is 80.7 Å². The van der Waals surface area contributed by atoms with Gasteiger partial charge in [-0.05, 0) is 169 Å². The predicted octanol–water partition coefficient (Wildman–Crippen LogP) is 17.0. The number of halogens is 2. The number of hydrogen-bond acceptors (Lipinski definition) is 17. The van der Waals surface area contributed by atoms with Gasteiger partial charge in [0.1, 0.15) is 46.7 Å². The number of rotatable bonds is 30. The molecule has 0 saturated carbocycles. The summed E-state index contributed by atoms with van der Waals surface area (Å²) in [6.07, 6.45) is 7.91. The Balaban J connectivity index is 0.000000539. The van der Waals surface area contributed by atoms with Gasteiger partial charge >= 0.3 is 11.9 Å². The largest absolute Gasteiger partial charge is 0.497 e. The fraction of sp³-hybridized carbons (Fsp3) is 0.671. The molecule has 93 heavy (non-hydrogen) atoms. The number of aldehydes is 1. The van der Waals surface area contributed by atoms with Crippen LogP contribution in [0, 0.1) is 30.6 Å². The van der Waals surface area contributed by atoms with Crippen molar-refractivity contribution in [3.63, 3.8) is 0 Å². The average Bonchev–Trinajstić information content (AvgIpc) is 1.56. The molecule has 2 heterocycles. The Kier molecular flexibility index (Phi) is 35.2. The van der Waals surface area contributed by atoms with E-state index in [2.05, 4.69) is 164 Å². The van der Waals surface area contributed by atoms with Crippen LogP contribution in [0.15, 0.2) is 45.9 Å². The van der Waals surface area contributed by atoms with Gasteiger partial charge in [-0.1, -0.05) is 136 Å². The number of ether oxygens (including phenoxy) is 11. The smallest absolute Gasteiger partial charge is 0.342 e. The Hall–Kier alpha value is -3.30. The van der Waals surface area contributed by atoms with Gasteiger partial charge in [-0.3, -0.25) is 0 Å². The van der Waals surface area contributed by atoms with E-state index in [4.69, 9.17) is 61.0 Å². The van der Waals surface area contributed by atoms with Crippen LogP contribution in [-0.2, 0) is 51.5 Å². The van der Waals surface area contributed by atoms with Crippen LogP contribution in [0.4, 0.5) is 0 Å². The van der Waals surface area contributed by atoms with Crippen molar-refractivity contribution < 1.29 is 80.4 Å². The number of aryl methyl sites for hydroxylation is 1. The molecule has 23 heteroatoms. The zero-order valence-corrected chi connectivity index (χ0v) is 68.3. The SMILES string of the molecule is COCOc1cc(C)cc(/C=C/C[C@@H]2OC(C)(C)OC2C=O)c1C(=O)OCC[Si](C)(C)C.COCOc1cc(OC)cc(/C=C/C[C@@H]2OC(C)(C)OC2C(O)C#C[C@@H](C)CO[Si](C)(C)C(C)(C)C)c1C(=O)OCC[Si](C)(C)C.C[C@H](C=C(Br)Br)CO[Si](C)(C)C(C)(C)C. The van der Waals surface area contributed by atoms with E-state index in [1.54, 1.807) is 45.2 Å². The molecule has 2 aromatic rings. The van der Waals surface area contributed by atoms with Gasteiger partial charge in [-0.25, -0.2) is 9.59 Å². The van der Waals surface area contributed by atoms with Crippen LogP contribution in [0.1, 0.15) is 133 Å². The first-order chi connectivity index (χ1) is 42.7. The summed E-state index contributed by atoms with van der Waals surface area (Å²) in [7, 11) is -1.63. The lowest BCUT2D eigenvalue weighted by Gasteiger charge is -2.36. The first kappa shape index (κ1) is 85.8. The number of hydrogen-bond donors (Lipinski definition) is 1. The Morgan fingerprint density at radius 3 is 1.56 bits per heavy atom. The number of benzene rings is 2. The molecule has 0 amide bonds. The Labute approximate surface area is 580 Å². The second-order valence-electron chi connectivity index (χ2n) is 30.2. The quantitative estimate of drug-likeness (QED) is 0.0255. The lowest BCUT2D eigenvalue weighted by atomic mass is 10.0. The normalized spacial score (nSPS) is 19.2. The van der Waals surface area contributed by atoms with Crippen molar-refractivity contribution in [3.05, 3.63) is 73.7 Å². The van der Waals surface area contributed by atoms with Crippen LogP contribution >= 0.6 is 31.9 Å². The van der Waals surface area contributed by atoms with Crippen molar-refractivity contribution in [2.75, 3.05) is 61.3 Å². The van der Waals surface area contributed by atoms with E-state index in [1.165, 1.54) is 14.2 Å². The average molecular weight is 1500 g/mol. The Bertz CT molecular complexity index is 2830. The molecule has 7 atom stereocenters. The van der Waals surface area contributed by atoms with Gasteiger partial charge in [0, 0.05) is 55.6 Å². The fourth-order valence-corrected chi connectivity index (χ4v) is 13.1. The molecule has 0 spiro atoms. The molecule has 2 aliphatic heterocycles. The van der Waals surface area contributed by atoms with Gasteiger partial charge in [0.2, 0.25) is 0 Å². The van der Waals surface area contributed by atoms with Crippen molar-refractivity contribution in [2.24, 2.45) is 11.8 Å². The Morgan fingerprint density at radius 2 is 1.11 bits per heavy atom. The first-order valence-corrected chi connectivity index (χ1v) is 47.0. The first-order valence-electron chi connectivity index (χ1n) is 32.1. The zero-order valence-electron chi connectivity index (χ0n) is 61.1. The standard InChI is InChI=1S/C35H58O9Si2.C24H36O7Si.C11H22Br2OSi/c1-25(23-42-46(12,13)34(2,3)4)17-18-28(36)32-29(43-35(5,6)44-32)16-14-15-26-21-27(39-8)22-30(41-24-38-7)31(26)33(37)40-19-20-45(9,10)11;1-17-13-18(9-8-10-19-21(15-25)31-24(2,3)30-19)22(20(14-17)29-16-27-4)23(26)28-11-12-32(5,6)7;1-9(7-10(12)13)8-14-15(5,6)11(2,3)4/h14-15,21-22,25,28-29,32,36H,16,19-20,23-24H2,1-13H3;8-9,13-15,19,21H,10-12,16H2,1-7H3;7,9H,8H2,1-6H3/b15-14+;9-8+;/t25-,28?,29+,32?;19-,21?;9-/m101/s1. The molecule has 528 valence electrons. The second kappa shape index (κ2) is 38.2. The number of aliphatic hydroxyl groups excluding tert-OH is 1. The number of esters is 2. The van der Waals surface area contributed by atoms with Gasteiger partial charge in [0.25, 0.3) is 0 Å². The van der Waals surface area contributed by atoms with Gasteiger partial charge in [0.05, 0.1) is 35.9 Å². The molecule has 0 radical (unpaired) electrons. The van der Waals surface area contributed by atoms with E-state index in [1.807, 2.05) is 52.0 Å². The monoisotopic (exact) mass is 1500 g/mol. The Morgan fingerprint density at radius 1 is 0.656 bits per heavy atom. The summed E-state index contributed by atoms with van der Waals surface area (Å²) < 4.78 is 75.4. The second-order valence-corrected chi connectivity index (χ2v) is 53.8. The van der Waals surface area contributed by atoms with Crippen LogP contribution in [0.3, 0.4) is 0 Å². The summed E-state index contributed by atoms with van der Waals surface area (Å²) in [6.45, 7) is 51.1. The lowest BCUT2D eigenvalue weighted by Crippen LogP contribution is -2.41. The highest BCUT2D eigenvalue weighted by Gasteiger charge is 2.45. The molecule has 0 bridgehead atoms. The van der Waals surface area contributed by atoms with E-state index in [0.717, 1.165) is 33.9 Å². The van der Waals surface area contributed by atoms with Crippen molar-refractivity contribution in [1.29, 1.82) is 0 Å². The van der Waals surface area contributed by atoms with Crippen molar-refractivity contribution >= 4 is 95.0 Å². The van der Waals surface area contributed by atoms with Crippen LogP contribution in [0.5, 0.6) is 17.2 Å². The summed E-state index contributed by atoms with van der Waals surface area (Å²) in [4.78, 5) is 37.7. The third-order valence-electron chi connectivity index (χ3n) is 16.0. The zero-order chi connectivity index (χ0) is 71.1. The van der Waals surface area contributed by atoms with Crippen molar-refractivity contribution in [1.82, 2.24) is 0 Å². The molecule has 2 aromatic carbocycles. The highest BCUT2D eigenvalue weighted by Crippen LogP contribution is 2.39. The molecule has 0 aliphatic carbocycles. The molecule has 4 rings (SSSR count). The lowest BCUT2D eigenvalue weighted by molar-refractivity contribution is -0.151. The van der Waals surface area contributed by atoms with E-state index in [-0.39, 0.29) is 36.2 Å². The molecule has 2 saturated heterocycles. The minimum Gasteiger partial charge on any atom is -0.497 e. The number of carbonyl (C=O) groups is 3. The van der Waals surface area contributed by atoms with Gasteiger partial charge < -0.3 is 70.9 Å². The predicted molar refractivity (Wildman–Crippen MR) is 391 cm³/mol. The fourth-order valence-electron chi connectivity index (χ4n) is 8.58. The molecule has 0 aromatic heterocycles. The van der Waals surface area contributed by atoms with Gasteiger partial charge in [-0.2, -0.15) is 0 Å². The molecular weight excluding hydrogens is 1380 g/mol. The third-order valence-corrected chi connectivity index (χ3v) is 28.9. The summed E-state index contributed by atoms with van der Waals surface area (Å²) in [6, 6.07) is 8.82. The summed E-state index contributed by atoms with van der Waals surface area (Å²) >= 11 is 6.74. The summed E-state index contributed by atoms with van der Waals surface area (Å²) in [5, 5.41) is 11.5. The van der Waals surface area contributed by atoms with Crippen molar-refractivity contribution in [3.8, 4) is 29.1 Å². The maximum Gasteiger partial charge on any atom is 0.342 e. The molecular formula is C70H116Br2O17Si4. The minimum absolute atomic E-state index is 0.0190. The summed E-state index contributed by atoms with van der Waals surface area (Å²) in [5.41, 5.74) is 2.81. The maximum atomic E-state index is 13.4. The topological polar surface area (TPSA) is 191 Å². The van der Waals surface area contributed by atoms with E-state index in [0.29, 0.717) is 77.6 Å². The molecule has 3 unspecified atom stereocenters. The van der Waals surface area contributed by atoms with Gasteiger partial charge in [-0.15, -0.1) is 0 Å². The number of methoxy groups -OCH3 is 3. The highest BCUT2D eigenvalue weighted by molar-refractivity contribution is 9.28. The molecule has 2 aliphatic rings. The maximum absolute atomic E-state index is 13.4. The van der Waals surface area contributed by atoms with Crippen LogP contribution < -0.4 is 14.2 Å². The molecule has 17 nitrogen and oxygen atoms in total. The molecule has 1 N–H and O–H groups in total. The van der Waals surface area contributed by atoms with Crippen LogP contribution in [0.25, 0.3) is 12.2 Å². The van der Waals surface area contributed by atoms with E-state index >= 15 is 0 Å². The van der Waals surface area contributed by atoms with Crippen LogP contribution in [-0.4, -0.2) is 160 Å². The summed E-state index contributed by atoms with van der Waals surface area (Å²) in [5.74, 6) is 5.13. The van der Waals surface area contributed by atoms with Gasteiger partial charge in [0.15, 0.2) is 48.1 Å². The van der Waals surface area contributed by atoms with Crippen LogP contribution in [0.2, 0.25) is 87.6 Å². The van der Waals surface area contributed by atoms with E-state index in [9.17, 15) is 19.5 Å². The number of carbonyl (C=O) groups excluding carboxylic acids is 3. The van der Waals surface area contributed by atoms with Crippen molar-refractivity contribution in [2.45, 2.75) is 233 Å². The highest BCUT2D eigenvalue weighted by atomic mass is 79.9. The number of aliphatic hydroxyl groups is 1. The third kappa shape index (κ3) is 31.4. The minimum atomic E-state index is -1.90.